The van der Waals surface area contributed by atoms with Crippen LogP contribution in [-0.4, -0.2) is 42.0 Å². The first-order valence-corrected chi connectivity index (χ1v) is 12.9. The number of rotatable bonds is 7. The van der Waals surface area contributed by atoms with Crippen LogP contribution in [0.15, 0.2) is 72.9 Å². The third-order valence-corrected chi connectivity index (χ3v) is 7.37. The molecule has 0 saturated carbocycles. The Balaban J connectivity index is 1.70. The molecule has 2 atom stereocenters. The summed E-state index contributed by atoms with van der Waals surface area (Å²) in [7, 11) is 4.66. The molecule has 1 aliphatic heterocycles. The quantitative estimate of drug-likeness (QED) is 0.243. The number of thiocarbonyl (C=S) groups is 1. The second-order valence-electron chi connectivity index (χ2n) is 9.24. The fourth-order valence-corrected chi connectivity index (χ4v) is 5.63. The van der Waals surface area contributed by atoms with Crippen LogP contribution in [0.1, 0.15) is 45.1 Å². The van der Waals surface area contributed by atoms with Crippen LogP contribution in [0, 0.1) is 13.8 Å². The molecule has 8 nitrogen and oxygen atoms in total. The third-order valence-electron chi connectivity index (χ3n) is 7.06. The maximum Gasteiger partial charge on any atom is 0.337 e. The van der Waals surface area contributed by atoms with Gasteiger partial charge in [0.15, 0.2) is 5.11 Å². The lowest BCUT2D eigenvalue weighted by Gasteiger charge is -2.29. The van der Waals surface area contributed by atoms with E-state index < -0.39 is 0 Å². The molecule has 1 fully saturated rings. The van der Waals surface area contributed by atoms with Gasteiger partial charge in [0.2, 0.25) is 0 Å². The molecular weight excluding hydrogens is 512 g/mol. The Labute approximate surface area is 233 Å². The largest absolute Gasteiger partial charge is 0.497 e. The standard InChI is InChI=1S/C30H30N4O4S/c1-18-15-23(19(2)33(18)21-10-8-9-20(16-21)29(35)38-5)28-27(24-11-6-7-14-31-24)32-30(39)34(28)25-17-22(36-3)12-13-26(25)37-4/h6-17,27-28H,1-5H3,(H,32,39)/t27-,28-/m0/s1. The Morgan fingerprint density at radius 3 is 2.49 bits per heavy atom. The minimum absolute atomic E-state index is 0.232. The lowest BCUT2D eigenvalue weighted by molar-refractivity contribution is 0.0600. The van der Waals surface area contributed by atoms with E-state index >= 15 is 0 Å². The molecule has 1 saturated heterocycles. The van der Waals surface area contributed by atoms with Crippen molar-refractivity contribution in [2.45, 2.75) is 25.9 Å². The number of carbonyl (C=O) groups excluding carboxylic acids is 1. The molecule has 0 radical (unpaired) electrons. The molecule has 200 valence electrons. The van der Waals surface area contributed by atoms with Crippen molar-refractivity contribution in [1.82, 2.24) is 14.9 Å². The summed E-state index contributed by atoms with van der Waals surface area (Å²) < 4.78 is 18.4. The number of nitrogens with zero attached hydrogens (tertiary/aromatic N) is 3. The summed E-state index contributed by atoms with van der Waals surface area (Å²) in [5.74, 6) is 0.987. The van der Waals surface area contributed by atoms with Gasteiger partial charge < -0.3 is 29.0 Å². The van der Waals surface area contributed by atoms with Crippen molar-refractivity contribution in [2.75, 3.05) is 26.2 Å². The van der Waals surface area contributed by atoms with Crippen molar-refractivity contribution in [3.05, 3.63) is 101 Å². The van der Waals surface area contributed by atoms with Crippen LogP contribution in [0.2, 0.25) is 0 Å². The van der Waals surface area contributed by atoms with Crippen molar-refractivity contribution >= 4 is 29.0 Å². The van der Waals surface area contributed by atoms with Crippen LogP contribution < -0.4 is 19.7 Å². The van der Waals surface area contributed by atoms with Gasteiger partial charge in [-0.15, -0.1) is 0 Å². The number of benzene rings is 2. The van der Waals surface area contributed by atoms with Crippen LogP contribution in [0.4, 0.5) is 5.69 Å². The average Bonchev–Trinajstić information content (AvgIpc) is 3.47. The first-order chi connectivity index (χ1) is 18.9. The summed E-state index contributed by atoms with van der Waals surface area (Å²) in [4.78, 5) is 19.0. The van der Waals surface area contributed by atoms with Gasteiger partial charge in [-0.25, -0.2) is 4.79 Å². The highest BCUT2D eigenvalue weighted by Gasteiger charge is 2.43. The van der Waals surface area contributed by atoms with Gasteiger partial charge >= 0.3 is 5.97 Å². The molecule has 2 aromatic heterocycles. The number of aromatic nitrogens is 2. The van der Waals surface area contributed by atoms with Crippen LogP contribution in [0.5, 0.6) is 11.5 Å². The highest BCUT2D eigenvalue weighted by atomic mass is 32.1. The molecule has 3 heterocycles. The predicted octanol–water partition coefficient (Wildman–Crippen LogP) is 5.47. The molecule has 0 spiro atoms. The lowest BCUT2D eigenvalue weighted by Crippen LogP contribution is -2.30. The molecular formula is C30H30N4O4S. The van der Waals surface area contributed by atoms with Gasteiger partial charge in [0.25, 0.3) is 0 Å². The zero-order chi connectivity index (χ0) is 27.7. The highest BCUT2D eigenvalue weighted by Crippen LogP contribution is 2.47. The second-order valence-corrected chi connectivity index (χ2v) is 9.62. The van der Waals surface area contributed by atoms with Crippen LogP contribution >= 0.6 is 12.2 Å². The number of nitrogens with one attached hydrogen (secondary N) is 1. The first-order valence-electron chi connectivity index (χ1n) is 12.5. The molecule has 0 aliphatic carbocycles. The summed E-state index contributed by atoms with van der Waals surface area (Å²) in [6, 6.07) is 20.6. The van der Waals surface area contributed by atoms with Crippen LogP contribution in [0.3, 0.4) is 0 Å². The topological polar surface area (TPSA) is 77.9 Å². The van der Waals surface area contributed by atoms with E-state index in [4.69, 9.17) is 26.4 Å². The summed E-state index contributed by atoms with van der Waals surface area (Å²) in [5.41, 5.74) is 6.10. The molecule has 39 heavy (non-hydrogen) atoms. The highest BCUT2D eigenvalue weighted by molar-refractivity contribution is 7.80. The van der Waals surface area contributed by atoms with E-state index in [2.05, 4.69) is 32.8 Å². The fraction of sp³-hybridized carbons (Fsp3) is 0.233. The molecule has 0 bridgehead atoms. The van der Waals surface area contributed by atoms with Gasteiger partial charge in [0, 0.05) is 29.3 Å². The van der Waals surface area contributed by atoms with E-state index in [1.54, 1.807) is 26.5 Å². The summed E-state index contributed by atoms with van der Waals surface area (Å²) >= 11 is 5.93. The SMILES string of the molecule is COC(=O)c1cccc(-n2c(C)cc([C@H]3[C@H](c4ccccn4)NC(=S)N3c3cc(OC)ccc3OC)c2C)c1. The van der Waals surface area contributed by atoms with E-state index in [1.807, 2.05) is 61.5 Å². The lowest BCUT2D eigenvalue weighted by atomic mass is 9.96. The minimum Gasteiger partial charge on any atom is -0.497 e. The summed E-state index contributed by atoms with van der Waals surface area (Å²) in [6.07, 6.45) is 1.79. The maximum absolute atomic E-state index is 12.2. The van der Waals surface area contributed by atoms with E-state index in [9.17, 15) is 4.79 Å². The number of hydrogen-bond donors (Lipinski definition) is 1. The zero-order valence-electron chi connectivity index (χ0n) is 22.5. The number of ether oxygens (including phenoxy) is 3. The molecule has 9 heteroatoms. The molecule has 0 unspecified atom stereocenters. The molecule has 1 aliphatic rings. The Morgan fingerprint density at radius 2 is 1.79 bits per heavy atom. The molecule has 5 rings (SSSR count). The van der Waals surface area contributed by atoms with Crippen molar-refractivity contribution in [3.63, 3.8) is 0 Å². The van der Waals surface area contributed by atoms with Crippen molar-refractivity contribution in [3.8, 4) is 17.2 Å². The van der Waals surface area contributed by atoms with E-state index in [0.29, 0.717) is 22.2 Å². The zero-order valence-corrected chi connectivity index (χ0v) is 23.3. The smallest absolute Gasteiger partial charge is 0.337 e. The maximum atomic E-state index is 12.2. The normalized spacial score (nSPS) is 16.6. The Bertz CT molecular complexity index is 1540. The number of esters is 1. The number of anilines is 1. The van der Waals surface area contributed by atoms with Crippen LogP contribution in [0.25, 0.3) is 5.69 Å². The van der Waals surface area contributed by atoms with Crippen molar-refractivity contribution in [2.24, 2.45) is 0 Å². The summed E-state index contributed by atoms with van der Waals surface area (Å²) in [6.45, 7) is 4.12. The summed E-state index contributed by atoms with van der Waals surface area (Å²) in [5, 5.41) is 4.07. The van der Waals surface area contributed by atoms with Gasteiger partial charge in [-0.2, -0.15) is 0 Å². The van der Waals surface area contributed by atoms with E-state index in [1.165, 1.54) is 7.11 Å². The Morgan fingerprint density at radius 1 is 0.974 bits per heavy atom. The number of hydrogen-bond acceptors (Lipinski definition) is 6. The molecule has 2 aromatic carbocycles. The Hall–Kier alpha value is -4.37. The van der Waals surface area contributed by atoms with Crippen molar-refractivity contribution < 1.29 is 19.0 Å². The van der Waals surface area contributed by atoms with Crippen LogP contribution in [-0.2, 0) is 4.74 Å². The van der Waals surface area contributed by atoms with Gasteiger partial charge in [0.1, 0.15) is 11.5 Å². The number of pyridine rings is 1. The van der Waals surface area contributed by atoms with Gasteiger partial charge in [-0.1, -0.05) is 12.1 Å². The second kappa shape index (κ2) is 10.8. The number of aryl methyl sites for hydroxylation is 1. The third kappa shape index (κ3) is 4.70. The predicted molar refractivity (Wildman–Crippen MR) is 154 cm³/mol. The fourth-order valence-electron chi connectivity index (χ4n) is 5.29. The monoisotopic (exact) mass is 542 g/mol. The molecule has 0 amide bonds. The van der Waals surface area contributed by atoms with Gasteiger partial charge in [0.05, 0.1) is 50.4 Å². The first kappa shape index (κ1) is 26.2. The van der Waals surface area contributed by atoms with Gasteiger partial charge in [-0.05, 0) is 80.2 Å². The van der Waals surface area contributed by atoms with Gasteiger partial charge in [-0.3, -0.25) is 4.98 Å². The molecule has 4 aromatic rings. The van der Waals surface area contributed by atoms with Crippen molar-refractivity contribution in [1.29, 1.82) is 0 Å². The number of methoxy groups -OCH3 is 3. The minimum atomic E-state index is -0.378. The van der Waals surface area contributed by atoms with E-state index in [-0.39, 0.29) is 18.1 Å². The molecule has 1 N–H and O–H groups in total. The van der Waals surface area contributed by atoms with E-state index in [0.717, 1.165) is 34.0 Å². The average molecular weight is 543 g/mol. The Kier molecular flexibility index (Phi) is 7.26. The number of carbonyl (C=O) groups is 1.